The largest absolute Gasteiger partial charge is 0.351 e. The maximum Gasteiger partial charge on any atom is 0.274 e. The number of nitrogens with one attached hydrogen (secondary N) is 2. The van der Waals surface area contributed by atoms with Gasteiger partial charge in [0.05, 0.1) is 11.2 Å². The second-order valence-electron chi connectivity index (χ2n) is 8.52. The lowest BCUT2D eigenvalue weighted by Gasteiger charge is -2.28. The van der Waals surface area contributed by atoms with Crippen molar-refractivity contribution in [2.45, 2.75) is 25.8 Å². The molecule has 0 fully saturated rings. The molecule has 0 aliphatic heterocycles. The van der Waals surface area contributed by atoms with E-state index in [4.69, 9.17) is 0 Å². The molecule has 0 bridgehead atoms. The number of nitrogens with zero attached hydrogens (tertiary/aromatic N) is 4. The first-order valence-corrected chi connectivity index (χ1v) is 12.4. The minimum absolute atomic E-state index is 0.131. The highest BCUT2D eigenvalue weighted by Crippen LogP contribution is 2.20. The minimum atomic E-state index is -0.167. The fourth-order valence-electron chi connectivity index (χ4n) is 4.38. The molecular weight excluding hydrogens is 460 g/mol. The van der Waals surface area contributed by atoms with E-state index in [-0.39, 0.29) is 17.9 Å². The molecule has 1 atom stereocenters. The third-order valence-electron chi connectivity index (χ3n) is 6.27. The summed E-state index contributed by atoms with van der Waals surface area (Å²) in [5, 5.41) is 13.0. The van der Waals surface area contributed by atoms with Crippen LogP contribution in [0.3, 0.4) is 0 Å². The Bertz CT molecular complexity index is 1490. The summed E-state index contributed by atoms with van der Waals surface area (Å²) in [5.41, 5.74) is 3.61. The predicted octanol–water partition coefficient (Wildman–Crippen LogP) is 4.08. The van der Waals surface area contributed by atoms with Gasteiger partial charge in [-0.3, -0.25) is 19.1 Å². The molecule has 0 saturated heterocycles. The average Bonchev–Trinajstić information content (AvgIpc) is 3.57. The first-order valence-electron chi connectivity index (χ1n) is 11.5. The van der Waals surface area contributed by atoms with E-state index in [0.29, 0.717) is 36.5 Å². The van der Waals surface area contributed by atoms with Gasteiger partial charge in [-0.05, 0) is 31.4 Å². The number of carbonyl (C=O) groups excluding carboxylic acids is 2. The summed E-state index contributed by atoms with van der Waals surface area (Å²) < 4.78 is 1.81. The summed E-state index contributed by atoms with van der Waals surface area (Å²) in [7, 11) is 1.80. The fraction of sp³-hybridized carbons (Fsp3) is 0.231. The highest BCUT2D eigenvalue weighted by molar-refractivity contribution is 7.15. The van der Waals surface area contributed by atoms with Gasteiger partial charge >= 0.3 is 0 Å². The van der Waals surface area contributed by atoms with Gasteiger partial charge in [0.1, 0.15) is 5.69 Å². The second kappa shape index (κ2) is 9.71. The van der Waals surface area contributed by atoms with Crippen molar-refractivity contribution in [3.63, 3.8) is 0 Å². The molecular formula is C26H26N6O2S. The van der Waals surface area contributed by atoms with E-state index in [0.717, 1.165) is 21.4 Å². The predicted molar refractivity (Wildman–Crippen MR) is 137 cm³/mol. The van der Waals surface area contributed by atoms with Gasteiger partial charge in [0, 0.05) is 36.6 Å². The molecule has 2 amide bonds. The standard InChI is InChI=1S/C26H26N6O2S/c1-17-23(32-14-15-35-26(32)28-17)24(33)27-13-12-19(16-18-8-4-3-5-9-18)31(2)25(34)22-20-10-6-7-11-21(20)29-30-22/h3-11,14-15,19H,12-13,16H2,1-2H3,(H,27,33)(H,29,30)/t19-/m1/s1. The molecule has 0 saturated carbocycles. The Morgan fingerprint density at radius 2 is 1.91 bits per heavy atom. The molecule has 3 heterocycles. The number of hydrogen-bond acceptors (Lipinski definition) is 5. The number of rotatable bonds is 8. The van der Waals surface area contributed by atoms with Gasteiger partial charge < -0.3 is 10.2 Å². The number of carbonyl (C=O) groups is 2. The highest BCUT2D eigenvalue weighted by Gasteiger charge is 2.25. The van der Waals surface area contributed by atoms with Gasteiger partial charge in [0.15, 0.2) is 10.7 Å². The van der Waals surface area contributed by atoms with Crippen molar-refractivity contribution in [3.05, 3.63) is 88.8 Å². The Labute approximate surface area is 206 Å². The summed E-state index contributed by atoms with van der Waals surface area (Å²) in [4.78, 5) is 33.4. The van der Waals surface area contributed by atoms with E-state index in [1.54, 1.807) is 11.9 Å². The number of fused-ring (bicyclic) bond motifs is 2. The Morgan fingerprint density at radius 1 is 1.14 bits per heavy atom. The lowest BCUT2D eigenvalue weighted by Crippen LogP contribution is -2.41. The fourth-order valence-corrected chi connectivity index (χ4v) is 5.14. The van der Waals surface area contributed by atoms with Crippen LogP contribution in [0.15, 0.2) is 66.2 Å². The van der Waals surface area contributed by atoms with E-state index >= 15 is 0 Å². The zero-order chi connectivity index (χ0) is 24.4. The van der Waals surface area contributed by atoms with Gasteiger partial charge in [-0.2, -0.15) is 5.10 Å². The Hall–Kier alpha value is -3.98. The molecule has 0 radical (unpaired) electrons. The number of H-pyrrole nitrogens is 1. The number of aromatic amines is 1. The van der Waals surface area contributed by atoms with E-state index in [1.807, 2.05) is 65.4 Å². The van der Waals surface area contributed by atoms with Crippen LogP contribution >= 0.6 is 11.3 Å². The number of para-hydroxylation sites is 1. The maximum atomic E-state index is 13.4. The Balaban J connectivity index is 1.33. The lowest BCUT2D eigenvalue weighted by molar-refractivity contribution is 0.0718. The number of benzene rings is 2. The summed E-state index contributed by atoms with van der Waals surface area (Å²) in [6.07, 6.45) is 3.12. The van der Waals surface area contributed by atoms with E-state index in [1.165, 1.54) is 11.3 Å². The highest BCUT2D eigenvalue weighted by atomic mass is 32.1. The third-order valence-corrected chi connectivity index (χ3v) is 7.03. The summed E-state index contributed by atoms with van der Waals surface area (Å²) >= 11 is 1.50. The summed E-state index contributed by atoms with van der Waals surface area (Å²) in [5.74, 6) is -0.319. The summed E-state index contributed by atoms with van der Waals surface area (Å²) in [6.45, 7) is 2.26. The van der Waals surface area contributed by atoms with Crippen molar-refractivity contribution in [2.75, 3.05) is 13.6 Å². The zero-order valence-electron chi connectivity index (χ0n) is 19.6. The molecule has 0 unspecified atom stereocenters. The van der Waals surface area contributed by atoms with Crippen molar-refractivity contribution < 1.29 is 9.59 Å². The molecule has 35 heavy (non-hydrogen) atoms. The van der Waals surface area contributed by atoms with Crippen LogP contribution in [0.1, 0.15) is 38.7 Å². The molecule has 0 aliphatic carbocycles. The molecule has 5 rings (SSSR count). The molecule has 8 nitrogen and oxygen atoms in total. The molecule has 2 aromatic carbocycles. The van der Waals surface area contributed by atoms with Crippen LogP contribution in [0.5, 0.6) is 0 Å². The SMILES string of the molecule is Cc1nc2sccn2c1C(=O)NCC[C@H](Cc1ccccc1)N(C)C(=O)c1n[nH]c2ccccc12. The van der Waals surface area contributed by atoms with Gasteiger partial charge in [0.2, 0.25) is 0 Å². The van der Waals surface area contributed by atoms with Crippen molar-refractivity contribution in [1.29, 1.82) is 0 Å². The van der Waals surface area contributed by atoms with Crippen LogP contribution in [-0.4, -0.2) is 55.9 Å². The number of imidazole rings is 1. The second-order valence-corrected chi connectivity index (χ2v) is 9.40. The zero-order valence-corrected chi connectivity index (χ0v) is 20.4. The van der Waals surface area contributed by atoms with Crippen molar-refractivity contribution in [1.82, 2.24) is 29.8 Å². The monoisotopic (exact) mass is 486 g/mol. The molecule has 9 heteroatoms. The molecule has 0 spiro atoms. The van der Waals surface area contributed by atoms with E-state index in [2.05, 4.69) is 32.6 Å². The molecule has 178 valence electrons. The van der Waals surface area contributed by atoms with Crippen LogP contribution in [0, 0.1) is 6.92 Å². The first kappa shape index (κ1) is 22.8. The van der Waals surface area contributed by atoms with Gasteiger partial charge in [0.25, 0.3) is 11.8 Å². The Morgan fingerprint density at radius 3 is 2.74 bits per heavy atom. The van der Waals surface area contributed by atoms with Gasteiger partial charge in [-0.25, -0.2) is 4.98 Å². The van der Waals surface area contributed by atoms with Crippen LogP contribution in [0.25, 0.3) is 15.9 Å². The molecule has 3 aromatic heterocycles. The molecule has 0 aliphatic rings. The molecule has 2 N–H and O–H groups in total. The molecule has 5 aromatic rings. The third kappa shape index (κ3) is 4.54. The smallest absolute Gasteiger partial charge is 0.274 e. The van der Waals surface area contributed by atoms with Crippen LogP contribution < -0.4 is 5.32 Å². The van der Waals surface area contributed by atoms with Crippen molar-refractivity contribution >= 4 is 39.0 Å². The Kier molecular flexibility index (Phi) is 6.33. The van der Waals surface area contributed by atoms with Crippen molar-refractivity contribution in [2.24, 2.45) is 0 Å². The van der Waals surface area contributed by atoms with Crippen LogP contribution in [-0.2, 0) is 6.42 Å². The quantitative estimate of drug-likeness (QED) is 0.345. The number of likely N-dealkylation sites (N-methyl/N-ethyl adjacent to an activating group) is 1. The maximum absolute atomic E-state index is 13.4. The number of aromatic nitrogens is 4. The van der Waals surface area contributed by atoms with E-state index in [9.17, 15) is 9.59 Å². The van der Waals surface area contributed by atoms with Crippen molar-refractivity contribution in [3.8, 4) is 0 Å². The first-order chi connectivity index (χ1) is 17.0. The number of amides is 2. The number of hydrogen-bond donors (Lipinski definition) is 2. The lowest BCUT2D eigenvalue weighted by atomic mass is 10.0. The average molecular weight is 487 g/mol. The number of aryl methyl sites for hydroxylation is 1. The van der Waals surface area contributed by atoms with Gasteiger partial charge in [-0.15, -0.1) is 11.3 Å². The topological polar surface area (TPSA) is 95.4 Å². The van der Waals surface area contributed by atoms with Gasteiger partial charge in [-0.1, -0.05) is 48.5 Å². The number of thiazole rings is 1. The van der Waals surface area contributed by atoms with Crippen LogP contribution in [0.4, 0.5) is 0 Å². The normalized spacial score (nSPS) is 12.2. The van der Waals surface area contributed by atoms with Crippen LogP contribution in [0.2, 0.25) is 0 Å². The minimum Gasteiger partial charge on any atom is -0.351 e. The summed E-state index contributed by atoms with van der Waals surface area (Å²) in [6, 6.07) is 17.5. The van der Waals surface area contributed by atoms with E-state index < -0.39 is 0 Å².